The van der Waals surface area contributed by atoms with Crippen LogP contribution in [-0.4, -0.2) is 38.2 Å². The highest BCUT2D eigenvalue weighted by Gasteiger charge is 2.34. The summed E-state index contributed by atoms with van der Waals surface area (Å²) in [6.45, 7) is 3.19. The number of hydrogen-bond donors (Lipinski definition) is 1. The Morgan fingerprint density at radius 2 is 1.93 bits per heavy atom. The first-order valence-corrected chi connectivity index (χ1v) is 11.0. The number of amides is 1. The van der Waals surface area contributed by atoms with E-state index >= 15 is 0 Å². The van der Waals surface area contributed by atoms with Gasteiger partial charge in [0.25, 0.3) is 10.0 Å². The molecule has 2 aliphatic rings. The van der Waals surface area contributed by atoms with E-state index in [0.29, 0.717) is 49.4 Å². The monoisotopic (exact) mass is 415 g/mol. The second kappa shape index (κ2) is 7.59. The number of benzene rings is 2. The molecule has 4 rings (SSSR count). The van der Waals surface area contributed by atoms with Crippen LogP contribution in [0.5, 0.6) is 0 Å². The predicted molar refractivity (Wildman–Crippen MR) is 107 cm³/mol. The molecular formula is C21H22FN3O3S. The minimum absolute atomic E-state index is 0.0342. The van der Waals surface area contributed by atoms with Gasteiger partial charge in [0.1, 0.15) is 10.7 Å². The highest BCUT2D eigenvalue weighted by molar-refractivity contribution is 7.90. The molecule has 0 spiro atoms. The summed E-state index contributed by atoms with van der Waals surface area (Å²) in [5.74, 6) is 0.0433. The van der Waals surface area contributed by atoms with Gasteiger partial charge in [-0.25, -0.2) is 4.39 Å². The normalized spacial score (nSPS) is 18.3. The molecule has 152 valence electrons. The number of halogens is 1. The van der Waals surface area contributed by atoms with Crippen LogP contribution in [0, 0.1) is 18.7 Å². The molecule has 2 aromatic carbocycles. The van der Waals surface area contributed by atoms with Crippen LogP contribution >= 0.6 is 0 Å². The van der Waals surface area contributed by atoms with Crippen LogP contribution in [0.15, 0.2) is 51.8 Å². The van der Waals surface area contributed by atoms with E-state index in [1.807, 2.05) is 4.90 Å². The van der Waals surface area contributed by atoms with Crippen molar-refractivity contribution in [3.63, 3.8) is 0 Å². The number of carbonyl (C=O) groups is 1. The number of amidine groups is 1. The summed E-state index contributed by atoms with van der Waals surface area (Å²) in [6.07, 6.45) is 1.24. The summed E-state index contributed by atoms with van der Waals surface area (Å²) in [6, 6.07) is 11.6. The van der Waals surface area contributed by atoms with Crippen molar-refractivity contribution in [3.05, 3.63) is 65.0 Å². The average Bonchev–Trinajstić information content (AvgIpc) is 3.00. The van der Waals surface area contributed by atoms with Crippen molar-refractivity contribution in [2.45, 2.75) is 31.2 Å². The van der Waals surface area contributed by atoms with Gasteiger partial charge in [0, 0.05) is 31.1 Å². The lowest BCUT2D eigenvalue weighted by Crippen LogP contribution is -2.42. The zero-order chi connectivity index (χ0) is 20.6. The molecule has 1 fully saturated rings. The maximum absolute atomic E-state index is 13.4. The molecule has 29 heavy (non-hydrogen) atoms. The molecule has 2 aromatic rings. The van der Waals surface area contributed by atoms with Gasteiger partial charge in [-0.1, -0.05) is 24.3 Å². The Kier molecular flexibility index (Phi) is 5.12. The largest absolute Gasteiger partial charge is 0.355 e. The minimum Gasteiger partial charge on any atom is -0.355 e. The van der Waals surface area contributed by atoms with E-state index in [2.05, 4.69) is 9.71 Å². The number of nitrogens with one attached hydrogen (secondary N) is 1. The molecule has 1 N–H and O–H groups in total. The quantitative estimate of drug-likeness (QED) is 0.836. The van der Waals surface area contributed by atoms with E-state index in [1.54, 1.807) is 43.3 Å². The van der Waals surface area contributed by atoms with Gasteiger partial charge in [-0.15, -0.1) is 4.40 Å². The molecule has 0 bridgehead atoms. The second-order valence-corrected chi connectivity index (χ2v) is 9.02. The molecule has 0 saturated carbocycles. The van der Waals surface area contributed by atoms with Crippen molar-refractivity contribution >= 4 is 21.8 Å². The fourth-order valence-corrected chi connectivity index (χ4v) is 5.05. The van der Waals surface area contributed by atoms with E-state index in [1.165, 1.54) is 6.07 Å². The summed E-state index contributed by atoms with van der Waals surface area (Å²) in [7, 11) is -3.64. The molecule has 8 heteroatoms. The van der Waals surface area contributed by atoms with Gasteiger partial charge in [0.05, 0.1) is 0 Å². The molecular weight excluding hydrogens is 393 g/mol. The maximum atomic E-state index is 13.4. The fourth-order valence-electron chi connectivity index (χ4n) is 3.82. The third-order valence-corrected chi connectivity index (χ3v) is 6.79. The highest BCUT2D eigenvalue weighted by Crippen LogP contribution is 2.29. The molecule has 2 aliphatic heterocycles. The first kappa shape index (κ1) is 19.6. The van der Waals surface area contributed by atoms with E-state index in [9.17, 15) is 17.6 Å². The van der Waals surface area contributed by atoms with Crippen molar-refractivity contribution < 1.29 is 17.6 Å². The smallest absolute Gasteiger partial charge is 0.285 e. The number of nitrogens with zero attached hydrogens (tertiary/aromatic N) is 2. The summed E-state index contributed by atoms with van der Waals surface area (Å²) in [4.78, 5) is 14.7. The third kappa shape index (κ3) is 3.89. The molecule has 0 atom stereocenters. The Hall–Kier alpha value is -2.74. The lowest BCUT2D eigenvalue weighted by molar-refractivity contribution is -0.126. The van der Waals surface area contributed by atoms with Gasteiger partial charge >= 0.3 is 0 Å². The third-order valence-electron chi connectivity index (χ3n) is 5.47. The number of fused-ring (bicyclic) bond motifs is 1. The first-order valence-electron chi connectivity index (χ1n) is 9.57. The Morgan fingerprint density at radius 1 is 1.21 bits per heavy atom. The number of hydrogen-bond acceptors (Lipinski definition) is 4. The molecule has 0 aliphatic carbocycles. The molecule has 0 unspecified atom stereocenters. The number of piperidine rings is 1. The van der Waals surface area contributed by atoms with Crippen LogP contribution in [0.3, 0.4) is 0 Å². The van der Waals surface area contributed by atoms with Crippen molar-refractivity contribution in [1.82, 2.24) is 10.2 Å². The molecule has 1 saturated heterocycles. The number of carbonyl (C=O) groups excluding carboxylic acids is 1. The molecule has 6 nitrogen and oxygen atoms in total. The Morgan fingerprint density at radius 3 is 2.66 bits per heavy atom. The number of rotatable bonds is 3. The van der Waals surface area contributed by atoms with Crippen LogP contribution in [0.1, 0.15) is 29.5 Å². The van der Waals surface area contributed by atoms with Crippen molar-refractivity contribution in [1.29, 1.82) is 0 Å². The summed E-state index contributed by atoms with van der Waals surface area (Å²) in [5.41, 5.74) is 2.04. The lowest BCUT2D eigenvalue weighted by atomic mass is 9.95. The maximum Gasteiger partial charge on any atom is 0.285 e. The van der Waals surface area contributed by atoms with E-state index in [-0.39, 0.29) is 22.5 Å². The van der Waals surface area contributed by atoms with Crippen LogP contribution in [0.25, 0.3) is 0 Å². The van der Waals surface area contributed by atoms with Crippen LogP contribution in [-0.2, 0) is 21.4 Å². The Labute approximate surface area is 169 Å². The zero-order valence-electron chi connectivity index (χ0n) is 16.1. The van der Waals surface area contributed by atoms with Crippen LogP contribution in [0.4, 0.5) is 4.39 Å². The van der Waals surface area contributed by atoms with Gasteiger partial charge in [-0.2, -0.15) is 8.42 Å². The Bertz CT molecular complexity index is 1090. The van der Waals surface area contributed by atoms with Crippen LogP contribution < -0.4 is 5.32 Å². The van der Waals surface area contributed by atoms with Crippen molar-refractivity contribution in [2.75, 3.05) is 13.1 Å². The fraction of sp³-hybridized carbons (Fsp3) is 0.333. The molecule has 0 aromatic heterocycles. The van der Waals surface area contributed by atoms with E-state index < -0.39 is 10.0 Å². The highest BCUT2D eigenvalue weighted by atomic mass is 32.2. The van der Waals surface area contributed by atoms with Crippen molar-refractivity contribution in [2.24, 2.45) is 10.3 Å². The SMILES string of the molecule is Cc1cc(CNC(=O)C2CCN(C3=NS(=O)(=O)c4ccccc43)CC2)ccc1F. The van der Waals surface area contributed by atoms with Crippen LogP contribution in [0.2, 0.25) is 0 Å². The Balaban J connectivity index is 1.36. The zero-order valence-corrected chi connectivity index (χ0v) is 16.9. The van der Waals surface area contributed by atoms with E-state index in [4.69, 9.17) is 0 Å². The van der Waals surface area contributed by atoms with Gasteiger partial charge in [0.15, 0.2) is 5.84 Å². The topological polar surface area (TPSA) is 78.8 Å². The predicted octanol–water partition coefficient (Wildman–Crippen LogP) is 2.61. The van der Waals surface area contributed by atoms with Gasteiger partial charge in [0.2, 0.25) is 5.91 Å². The second-order valence-electron chi connectivity index (χ2n) is 7.45. The van der Waals surface area contributed by atoms with Gasteiger partial charge in [-0.05, 0) is 49.1 Å². The minimum atomic E-state index is -3.64. The van der Waals surface area contributed by atoms with Gasteiger partial charge in [-0.3, -0.25) is 4.79 Å². The number of sulfonamides is 1. The first-order chi connectivity index (χ1) is 13.8. The summed E-state index contributed by atoms with van der Waals surface area (Å²) >= 11 is 0. The molecule has 2 heterocycles. The molecule has 1 amide bonds. The summed E-state index contributed by atoms with van der Waals surface area (Å²) in [5, 5.41) is 2.92. The van der Waals surface area contributed by atoms with Crippen molar-refractivity contribution in [3.8, 4) is 0 Å². The molecule has 0 radical (unpaired) electrons. The number of likely N-dealkylation sites (tertiary alicyclic amines) is 1. The standard InChI is InChI=1S/C21H22FN3O3S/c1-14-12-15(6-7-18(14)22)13-23-21(26)16-8-10-25(11-9-16)20-17-4-2-3-5-19(17)29(27,28)24-20/h2-7,12,16H,8-11,13H2,1H3,(H,23,26). The summed E-state index contributed by atoms with van der Waals surface area (Å²) < 4.78 is 41.8. The van der Waals surface area contributed by atoms with E-state index in [0.717, 1.165) is 5.56 Å². The lowest BCUT2D eigenvalue weighted by Gasteiger charge is -2.32. The van der Waals surface area contributed by atoms with Gasteiger partial charge < -0.3 is 10.2 Å². The number of aryl methyl sites for hydroxylation is 1. The average molecular weight is 415 g/mol.